The molecular weight excluding hydrogens is 629 g/mol. The van der Waals surface area contributed by atoms with Gasteiger partial charge in [0.1, 0.15) is 21.7 Å². The Hall–Kier alpha value is -2.48. The molecule has 12 heteroatoms. The van der Waals surface area contributed by atoms with Crippen LogP contribution in [0, 0.1) is 13.8 Å². The van der Waals surface area contributed by atoms with E-state index in [-0.39, 0.29) is 9.79 Å². The number of quaternary nitrogens is 1. The van der Waals surface area contributed by atoms with E-state index < -0.39 is 20.2 Å². The van der Waals surface area contributed by atoms with Crippen molar-refractivity contribution < 1.29 is 39.6 Å². The van der Waals surface area contributed by atoms with Crippen molar-refractivity contribution >= 4 is 31.8 Å². The van der Waals surface area contributed by atoms with Crippen molar-refractivity contribution in [3.63, 3.8) is 0 Å². The minimum absolute atomic E-state index is 0.178. The maximum Gasteiger partial charge on any atom is 0.296 e. The van der Waals surface area contributed by atoms with Crippen molar-refractivity contribution in [2.45, 2.75) is 112 Å². The van der Waals surface area contributed by atoms with Gasteiger partial charge in [-0.05, 0) is 64.4 Å². The first-order chi connectivity index (χ1) is 21.4. The molecule has 0 amide bonds. The number of benzene rings is 2. The first kappa shape index (κ1) is 38.0. The van der Waals surface area contributed by atoms with E-state index in [1.165, 1.54) is 62.8 Å². The van der Waals surface area contributed by atoms with Crippen LogP contribution in [0.5, 0.6) is 0 Å². The SMILES string of the molecule is CN1C2CCCC1CC(=O)C2.COS(=O)(=O)c1ccc(C)cc1.C[N+]1(C)C2CCCC1CC(=O)C2.Cc1ccc(S(=O)(=O)[O-])cc1. The van der Waals surface area contributed by atoms with E-state index >= 15 is 0 Å². The van der Waals surface area contributed by atoms with Gasteiger partial charge in [0.05, 0.1) is 55.9 Å². The van der Waals surface area contributed by atoms with E-state index in [0.717, 1.165) is 48.4 Å². The van der Waals surface area contributed by atoms with Crippen LogP contribution in [0.1, 0.15) is 75.3 Å². The van der Waals surface area contributed by atoms with Gasteiger partial charge in [-0.15, -0.1) is 0 Å². The molecule has 2 aromatic rings. The van der Waals surface area contributed by atoms with Gasteiger partial charge in [-0.3, -0.25) is 18.7 Å². The molecule has 0 radical (unpaired) electrons. The predicted molar refractivity (Wildman–Crippen MR) is 176 cm³/mol. The molecule has 4 aliphatic heterocycles. The highest BCUT2D eigenvalue weighted by atomic mass is 32.2. The van der Waals surface area contributed by atoms with Crippen LogP contribution in [-0.2, 0) is 34.0 Å². The Bertz CT molecular complexity index is 1500. The summed E-state index contributed by atoms with van der Waals surface area (Å²) >= 11 is 0. The van der Waals surface area contributed by atoms with Gasteiger partial charge in [-0.2, -0.15) is 8.42 Å². The minimum atomic E-state index is -4.27. The monoisotopic (exact) mass is 678 g/mol. The number of carbonyl (C=O) groups is 2. The number of carbonyl (C=O) groups excluding carboxylic acids is 2. The van der Waals surface area contributed by atoms with Crippen LogP contribution in [0.3, 0.4) is 0 Å². The molecule has 256 valence electrons. The molecule has 4 unspecified atom stereocenters. The molecule has 0 saturated carbocycles. The topological polar surface area (TPSA) is 138 Å². The number of aryl methyl sites for hydroxylation is 2. The van der Waals surface area contributed by atoms with E-state index in [1.807, 2.05) is 13.8 Å². The van der Waals surface area contributed by atoms with Crippen molar-refractivity contribution in [1.82, 2.24) is 4.90 Å². The molecule has 0 N–H and O–H groups in total. The summed E-state index contributed by atoms with van der Waals surface area (Å²) in [4.78, 5) is 25.0. The number of hydrogen-bond acceptors (Lipinski definition) is 9. The van der Waals surface area contributed by atoms with Crippen LogP contribution in [0.15, 0.2) is 58.3 Å². The number of ketones is 2. The lowest BCUT2D eigenvalue weighted by atomic mass is 9.82. The lowest BCUT2D eigenvalue weighted by Gasteiger charge is -2.50. The Morgan fingerprint density at radius 1 is 0.696 bits per heavy atom. The van der Waals surface area contributed by atoms with Gasteiger partial charge in [0, 0.05) is 37.8 Å². The van der Waals surface area contributed by atoms with Gasteiger partial charge in [-0.25, -0.2) is 8.42 Å². The summed E-state index contributed by atoms with van der Waals surface area (Å²) in [7, 11) is 0.116. The maximum atomic E-state index is 11.4. The van der Waals surface area contributed by atoms with Crippen molar-refractivity contribution in [1.29, 1.82) is 0 Å². The molecule has 4 heterocycles. The van der Waals surface area contributed by atoms with Crippen molar-refractivity contribution in [2.75, 3.05) is 28.3 Å². The summed E-state index contributed by atoms with van der Waals surface area (Å²) in [6.07, 6.45) is 11.0. The number of fused-ring (bicyclic) bond motifs is 4. The molecule has 2 aromatic carbocycles. The third-order valence-electron chi connectivity index (χ3n) is 9.88. The van der Waals surface area contributed by atoms with Crippen molar-refractivity contribution in [2.24, 2.45) is 0 Å². The van der Waals surface area contributed by atoms with Crippen molar-refractivity contribution in [3.8, 4) is 0 Å². The molecular formula is C34H50N2O8S2. The summed E-state index contributed by atoms with van der Waals surface area (Å²) in [5.41, 5.74) is 1.95. The smallest absolute Gasteiger partial charge is 0.296 e. The average Bonchev–Trinajstić information content (AvgIpc) is 2.96. The lowest BCUT2D eigenvalue weighted by molar-refractivity contribution is -0.945. The van der Waals surface area contributed by atoms with Crippen LogP contribution >= 0.6 is 0 Å². The molecule has 46 heavy (non-hydrogen) atoms. The standard InChI is InChI=1S/C10H18NO.C9H15NO.C8H10O3S.C7H8O3S/c1-11(2)8-4-3-5-9(11)7-10(12)6-8;1-10-7-3-2-4-8(10)6-9(11)5-7;1-7-3-5-8(6-4-7)12(9,10)11-2;1-6-2-4-7(5-3-6)11(8,9)10/h8-9H,3-7H2,1-2H3;7-8H,2-6H2,1H3;3-6H,1-2H3;2-5H,1H3,(H,8,9,10)/q+1;;;/p-1. The molecule has 6 rings (SSSR count). The predicted octanol–water partition coefficient (Wildman–Crippen LogP) is 4.78. The Balaban J connectivity index is 0.000000167. The summed E-state index contributed by atoms with van der Waals surface area (Å²) in [6.45, 7) is 3.71. The fourth-order valence-electron chi connectivity index (χ4n) is 6.74. The Morgan fingerprint density at radius 2 is 1.09 bits per heavy atom. The molecule has 0 aromatic heterocycles. The minimum Gasteiger partial charge on any atom is -0.744 e. The number of piperidine rings is 4. The molecule has 4 fully saturated rings. The highest BCUT2D eigenvalue weighted by molar-refractivity contribution is 7.86. The van der Waals surface area contributed by atoms with Crippen LogP contribution in [0.4, 0.5) is 0 Å². The lowest BCUT2D eigenvalue weighted by Crippen LogP contribution is -2.62. The summed E-state index contributed by atoms with van der Waals surface area (Å²) in [6, 6.07) is 14.7. The van der Waals surface area contributed by atoms with Crippen LogP contribution < -0.4 is 0 Å². The number of hydrogen-bond donors (Lipinski definition) is 0. The van der Waals surface area contributed by atoms with Crippen molar-refractivity contribution in [3.05, 3.63) is 59.7 Å². The van der Waals surface area contributed by atoms with Gasteiger partial charge >= 0.3 is 0 Å². The third kappa shape index (κ3) is 10.5. The molecule has 0 spiro atoms. The van der Waals surface area contributed by atoms with Gasteiger partial charge in [0.2, 0.25) is 0 Å². The average molecular weight is 679 g/mol. The quantitative estimate of drug-likeness (QED) is 0.255. The fraction of sp³-hybridized carbons (Fsp3) is 0.588. The van der Waals surface area contributed by atoms with Gasteiger partial charge in [0.15, 0.2) is 0 Å². The Kier molecular flexibility index (Phi) is 13.3. The highest BCUT2D eigenvalue weighted by Gasteiger charge is 2.45. The molecule has 4 bridgehead atoms. The first-order valence-corrected chi connectivity index (χ1v) is 18.7. The van der Waals surface area contributed by atoms with E-state index in [4.69, 9.17) is 0 Å². The maximum absolute atomic E-state index is 11.4. The second-order valence-corrected chi connectivity index (χ2v) is 16.5. The second kappa shape index (κ2) is 16.1. The van der Waals surface area contributed by atoms with Crippen LogP contribution in [0.2, 0.25) is 0 Å². The molecule has 4 saturated heterocycles. The highest BCUT2D eigenvalue weighted by Crippen LogP contribution is 2.36. The van der Waals surface area contributed by atoms with Gasteiger partial charge in [0.25, 0.3) is 10.1 Å². The Morgan fingerprint density at radius 3 is 1.50 bits per heavy atom. The largest absolute Gasteiger partial charge is 0.744 e. The van der Waals surface area contributed by atoms with E-state index in [0.29, 0.717) is 35.7 Å². The normalized spacial score (nSPS) is 25.5. The first-order valence-electron chi connectivity index (χ1n) is 15.9. The zero-order valence-corrected chi connectivity index (χ0v) is 29.6. The molecule has 4 aliphatic rings. The van der Waals surface area contributed by atoms with E-state index in [2.05, 4.69) is 30.2 Å². The zero-order valence-electron chi connectivity index (χ0n) is 28.0. The summed E-state index contributed by atoms with van der Waals surface area (Å²) in [5, 5.41) is 0. The van der Waals surface area contributed by atoms with Gasteiger partial charge in [-0.1, -0.05) is 41.8 Å². The number of rotatable bonds is 3. The fourth-order valence-corrected chi connectivity index (χ4v) is 7.87. The third-order valence-corrected chi connectivity index (χ3v) is 12.0. The number of nitrogens with zero attached hydrogens (tertiary/aromatic N) is 2. The second-order valence-electron chi connectivity index (χ2n) is 13.4. The molecule has 0 aliphatic carbocycles. The summed E-state index contributed by atoms with van der Waals surface area (Å²) in [5.74, 6) is 0.986. The van der Waals surface area contributed by atoms with E-state index in [1.54, 1.807) is 24.3 Å². The van der Waals surface area contributed by atoms with Crippen LogP contribution in [-0.4, -0.2) is 94.8 Å². The van der Waals surface area contributed by atoms with Crippen LogP contribution in [0.25, 0.3) is 0 Å². The summed E-state index contributed by atoms with van der Waals surface area (Å²) < 4.78 is 58.8. The number of Topliss-reactive ketones (excluding diaryl/α,β-unsaturated/α-hetero) is 2. The Labute approximate surface area is 275 Å². The molecule has 10 nitrogen and oxygen atoms in total. The van der Waals surface area contributed by atoms with Gasteiger partial charge < -0.3 is 9.04 Å². The van der Waals surface area contributed by atoms with E-state index in [9.17, 15) is 31.0 Å². The molecule has 4 atom stereocenters. The zero-order chi connectivity index (χ0) is 34.3.